The molecule has 9 heteroatoms. The molecule has 1 saturated heterocycles. The van der Waals surface area contributed by atoms with Crippen LogP contribution in [0.5, 0.6) is 0 Å². The standard InChI is InChI=1S/C22H20Cl3N3OS2/c1-12-6-8-28(9-7-12)17-5-3-14(11-16(17)24)26-22(30)27-21(29)20-19(25)15-4-2-13(23)10-18(15)31-20/h2-5,10-12H,6-9H2,1H3,(H2,26,27,29,30). The van der Waals surface area contributed by atoms with Gasteiger partial charge < -0.3 is 10.2 Å². The van der Waals surface area contributed by atoms with Crippen molar-refractivity contribution in [2.24, 2.45) is 5.92 Å². The Balaban J connectivity index is 1.42. The average molecular weight is 513 g/mol. The summed E-state index contributed by atoms with van der Waals surface area (Å²) in [6.45, 7) is 4.29. The van der Waals surface area contributed by atoms with E-state index in [1.54, 1.807) is 18.2 Å². The number of hydrogen-bond acceptors (Lipinski definition) is 4. The lowest BCUT2D eigenvalue weighted by molar-refractivity contribution is 0.0982. The maximum absolute atomic E-state index is 12.7. The molecule has 4 rings (SSSR count). The number of thiocarbonyl (C=S) groups is 1. The second-order valence-corrected chi connectivity index (χ2v) is 10.3. The molecule has 0 radical (unpaired) electrons. The number of halogens is 3. The normalized spacial score (nSPS) is 14.6. The Kier molecular flexibility index (Phi) is 6.94. The Hall–Kier alpha value is -1.57. The summed E-state index contributed by atoms with van der Waals surface area (Å²) in [7, 11) is 0. The van der Waals surface area contributed by atoms with Crippen molar-refractivity contribution in [2.75, 3.05) is 23.3 Å². The first-order valence-electron chi connectivity index (χ1n) is 9.86. The molecule has 162 valence electrons. The minimum atomic E-state index is -0.370. The van der Waals surface area contributed by atoms with Gasteiger partial charge in [-0.15, -0.1) is 11.3 Å². The van der Waals surface area contributed by atoms with E-state index >= 15 is 0 Å². The van der Waals surface area contributed by atoms with E-state index in [-0.39, 0.29) is 11.0 Å². The minimum absolute atomic E-state index is 0.173. The molecule has 1 amide bonds. The van der Waals surface area contributed by atoms with Crippen molar-refractivity contribution in [3.05, 3.63) is 56.3 Å². The molecule has 31 heavy (non-hydrogen) atoms. The number of hydrogen-bond donors (Lipinski definition) is 2. The first-order chi connectivity index (χ1) is 14.8. The van der Waals surface area contributed by atoms with Crippen molar-refractivity contribution < 1.29 is 4.79 Å². The Morgan fingerprint density at radius 1 is 1.13 bits per heavy atom. The van der Waals surface area contributed by atoms with Crippen LogP contribution < -0.4 is 15.5 Å². The lowest BCUT2D eigenvalue weighted by Crippen LogP contribution is -2.34. The van der Waals surface area contributed by atoms with Crippen LogP contribution in [0.25, 0.3) is 10.1 Å². The fourth-order valence-corrected chi connectivity index (χ4v) is 5.80. The van der Waals surface area contributed by atoms with Gasteiger partial charge in [-0.25, -0.2) is 0 Å². The summed E-state index contributed by atoms with van der Waals surface area (Å²) in [5, 5.41) is 8.30. The van der Waals surface area contributed by atoms with Crippen molar-refractivity contribution in [1.29, 1.82) is 0 Å². The molecule has 0 aliphatic carbocycles. The predicted octanol–water partition coefficient (Wildman–Crippen LogP) is 7.22. The largest absolute Gasteiger partial charge is 0.370 e. The number of benzene rings is 2. The number of nitrogens with one attached hydrogen (secondary N) is 2. The van der Waals surface area contributed by atoms with Crippen LogP contribution in [-0.4, -0.2) is 24.1 Å². The number of carbonyl (C=O) groups excluding carboxylic acids is 1. The van der Waals surface area contributed by atoms with Crippen molar-refractivity contribution in [3.8, 4) is 0 Å². The van der Waals surface area contributed by atoms with Crippen molar-refractivity contribution in [1.82, 2.24) is 5.32 Å². The van der Waals surface area contributed by atoms with Crippen LogP contribution in [-0.2, 0) is 0 Å². The van der Waals surface area contributed by atoms with E-state index in [2.05, 4.69) is 22.5 Å². The first kappa shape index (κ1) is 22.6. The van der Waals surface area contributed by atoms with E-state index in [0.29, 0.717) is 25.6 Å². The molecule has 0 atom stereocenters. The molecule has 1 fully saturated rings. The van der Waals surface area contributed by atoms with Crippen molar-refractivity contribution in [3.63, 3.8) is 0 Å². The number of nitrogens with zero attached hydrogens (tertiary/aromatic N) is 1. The first-order valence-corrected chi connectivity index (χ1v) is 12.2. The van der Waals surface area contributed by atoms with Crippen molar-refractivity contribution >= 4 is 90.8 Å². The second-order valence-electron chi connectivity index (χ2n) is 7.63. The highest BCUT2D eigenvalue weighted by Crippen LogP contribution is 2.37. The number of fused-ring (bicyclic) bond motifs is 1. The van der Waals surface area contributed by atoms with Gasteiger partial charge in [0.15, 0.2) is 5.11 Å². The summed E-state index contributed by atoms with van der Waals surface area (Å²) in [6.07, 6.45) is 2.33. The average Bonchev–Trinajstić information content (AvgIpc) is 3.04. The molecule has 2 heterocycles. The molecular formula is C22H20Cl3N3OS2. The summed E-state index contributed by atoms with van der Waals surface area (Å²) in [5.41, 5.74) is 1.73. The van der Waals surface area contributed by atoms with E-state index in [1.165, 1.54) is 24.2 Å². The molecule has 1 aromatic heterocycles. The molecule has 0 spiro atoms. The Morgan fingerprint density at radius 3 is 2.58 bits per heavy atom. The minimum Gasteiger partial charge on any atom is -0.370 e. The number of amides is 1. The van der Waals surface area contributed by atoms with Gasteiger partial charge in [-0.2, -0.15) is 0 Å². The highest BCUT2D eigenvalue weighted by molar-refractivity contribution is 7.80. The lowest BCUT2D eigenvalue weighted by Gasteiger charge is -2.32. The Morgan fingerprint density at radius 2 is 1.87 bits per heavy atom. The van der Waals surface area contributed by atoms with Gasteiger partial charge in [0, 0.05) is 33.9 Å². The molecule has 0 unspecified atom stereocenters. The number of anilines is 2. The maximum Gasteiger partial charge on any atom is 0.269 e. The van der Waals surface area contributed by atoms with E-state index in [4.69, 9.17) is 47.0 Å². The number of piperidine rings is 1. The third-order valence-corrected chi connectivity index (χ3v) is 7.75. The predicted molar refractivity (Wildman–Crippen MR) is 138 cm³/mol. The van der Waals surface area contributed by atoms with Gasteiger partial charge in [0.25, 0.3) is 5.91 Å². The van der Waals surface area contributed by atoms with E-state index in [0.717, 1.165) is 34.8 Å². The van der Waals surface area contributed by atoms with Gasteiger partial charge in [-0.3, -0.25) is 10.1 Å². The highest BCUT2D eigenvalue weighted by atomic mass is 35.5. The Labute approximate surface area is 205 Å². The van der Waals surface area contributed by atoms with Gasteiger partial charge in [-0.05, 0) is 61.3 Å². The molecule has 0 bridgehead atoms. The van der Waals surface area contributed by atoms with Crippen LogP contribution in [0, 0.1) is 5.92 Å². The van der Waals surface area contributed by atoms with Crippen molar-refractivity contribution in [2.45, 2.75) is 19.8 Å². The van der Waals surface area contributed by atoms with Gasteiger partial charge in [0.2, 0.25) is 0 Å². The van der Waals surface area contributed by atoms with Crippen LogP contribution in [0.3, 0.4) is 0 Å². The zero-order valence-corrected chi connectivity index (χ0v) is 20.6. The quantitative estimate of drug-likeness (QED) is 0.363. The third kappa shape index (κ3) is 5.10. The van der Waals surface area contributed by atoms with Gasteiger partial charge in [-0.1, -0.05) is 47.8 Å². The molecule has 2 aromatic carbocycles. The lowest BCUT2D eigenvalue weighted by atomic mass is 9.99. The topological polar surface area (TPSA) is 44.4 Å². The SMILES string of the molecule is CC1CCN(c2ccc(NC(=S)NC(=O)c3sc4cc(Cl)ccc4c3Cl)cc2Cl)CC1. The van der Waals surface area contributed by atoms with Crippen LogP contribution in [0.4, 0.5) is 11.4 Å². The molecule has 1 aliphatic heterocycles. The summed E-state index contributed by atoms with van der Waals surface area (Å²) in [5.74, 6) is 0.383. The van der Waals surface area contributed by atoms with E-state index in [1.807, 2.05) is 18.2 Å². The number of thiophene rings is 1. The van der Waals surface area contributed by atoms with E-state index in [9.17, 15) is 4.79 Å². The molecule has 4 nitrogen and oxygen atoms in total. The molecule has 0 saturated carbocycles. The number of rotatable bonds is 3. The van der Waals surface area contributed by atoms with Crippen LogP contribution in [0.15, 0.2) is 36.4 Å². The van der Waals surface area contributed by atoms with Crippen LogP contribution in [0.1, 0.15) is 29.4 Å². The van der Waals surface area contributed by atoms with Gasteiger partial charge in [0.1, 0.15) is 4.88 Å². The summed E-state index contributed by atoms with van der Waals surface area (Å²) in [4.78, 5) is 15.4. The summed E-state index contributed by atoms with van der Waals surface area (Å²) < 4.78 is 0.844. The zero-order valence-electron chi connectivity index (χ0n) is 16.7. The Bertz CT molecular complexity index is 1160. The monoisotopic (exact) mass is 511 g/mol. The molecule has 3 aromatic rings. The van der Waals surface area contributed by atoms with Crippen LogP contribution in [0.2, 0.25) is 15.1 Å². The zero-order chi connectivity index (χ0) is 22.1. The summed E-state index contributed by atoms with van der Waals surface area (Å²) in [6, 6.07) is 11.0. The summed E-state index contributed by atoms with van der Waals surface area (Å²) >= 11 is 25.5. The molecular weight excluding hydrogens is 493 g/mol. The fraction of sp³-hybridized carbons (Fsp3) is 0.273. The van der Waals surface area contributed by atoms with Gasteiger partial charge in [0.05, 0.1) is 15.7 Å². The maximum atomic E-state index is 12.7. The molecule has 2 N–H and O–H groups in total. The molecule has 1 aliphatic rings. The number of carbonyl (C=O) groups is 1. The highest BCUT2D eigenvalue weighted by Gasteiger charge is 2.20. The van der Waals surface area contributed by atoms with E-state index < -0.39 is 0 Å². The van der Waals surface area contributed by atoms with Gasteiger partial charge >= 0.3 is 0 Å². The third-order valence-electron chi connectivity index (χ3n) is 5.35. The second kappa shape index (κ2) is 9.51. The van der Waals surface area contributed by atoms with Crippen LogP contribution >= 0.6 is 58.4 Å². The fourth-order valence-electron chi connectivity index (χ4n) is 3.60. The smallest absolute Gasteiger partial charge is 0.269 e.